The summed E-state index contributed by atoms with van der Waals surface area (Å²) in [6.45, 7) is 2.37. The maximum Gasteiger partial charge on any atom is 0.302 e. The van der Waals surface area contributed by atoms with Crippen molar-refractivity contribution in [1.82, 2.24) is 0 Å². The second kappa shape index (κ2) is 4.89. The zero-order valence-electron chi connectivity index (χ0n) is 11.3. The molecule has 1 unspecified atom stereocenters. The second-order valence-corrected chi connectivity index (χ2v) is 5.01. The Kier molecular flexibility index (Phi) is 3.06. The predicted octanol–water partition coefficient (Wildman–Crippen LogP) is 1.89. The van der Waals surface area contributed by atoms with E-state index in [1.807, 2.05) is 61.8 Å². The van der Waals surface area contributed by atoms with Crippen molar-refractivity contribution in [3.63, 3.8) is 0 Å². The third-order valence-corrected chi connectivity index (χ3v) is 3.54. The highest BCUT2D eigenvalue weighted by molar-refractivity contribution is 6.18. The van der Waals surface area contributed by atoms with Gasteiger partial charge >= 0.3 is 5.91 Å². The van der Waals surface area contributed by atoms with Gasteiger partial charge in [0.15, 0.2) is 12.4 Å². The number of nitrogens with zero attached hydrogens (tertiary/aromatic N) is 2. The lowest BCUT2D eigenvalue weighted by Crippen LogP contribution is -2.46. The summed E-state index contributed by atoms with van der Waals surface area (Å²) < 4.78 is 1.79. The third-order valence-electron chi connectivity index (χ3n) is 3.54. The number of benzene rings is 1. The van der Waals surface area contributed by atoms with Gasteiger partial charge in [0.05, 0.1) is 6.54 Å². The molecule has 3 rings (SSSR count). The Bertz CT molecular complexity index is 649. The normalized spacial score (nSPS) is 18.6. The molecule has 0 spiro atoms. The van der Waals surface area contributed by atoms with Crippen LogP contribution in [0.2, 0.25) is 0 Å². The number of rotatable bonds is 2. The van der Waals surface area contributed by atoms with E-state index in [9.17, 15) is 4.79 Å². The van der Waals surface area contributed by atoms with Gasteiger partial charge in [-0.05, 0) is 19.1 Å². The Morgan fingerprint density at radius 2 is 1.80 bits per heavy atom. The van der Waals surface area contributed by atoms with Gasteiger partial charge in [-0.25, -0.2) is 0 Å². The van der Waals surface area contributed by atoms with E-state index in [2.05, 4.69) is 0 Å². The fraction of sp³-hybridized carbons (Fsp3) is 0.188. The largest absolute Gasteiger partial charge is 0.302 e. The van der Waals surface area contributed by atoms with Gasteiger partial charge in [0.2, 0.25) is 0 Å². The van der Waals surface area contributed by atoms with Crippen LogP contribution in [0.25, 0.3) is 0 Å². The molecule has 1 N–H and O–H groups in total. The first-order valence-corrected chi connectivity index (χ1v) is 6.58. The minimum Gasteiger partial charge on any atom is -0.300 e. The Balaban J connectivity index is 1.93. The molecule has 1 aromatic heterocycles. The highest BCUT2D eigenvalue weighted by atomic mass is 16.2. The molecule has 20 heavy (non-hydrogen) atoms. The van der Waals surface area contributed by atoms with Crippen molar-refractivity contribution in [2.75, 3.05) is 11.4 Å². The molecular weight excluding hydrogens is 250 g/mol. The molecule has 1 aliphatic rings. The zero-order valence-corrected chi connectivity index (χ0v) is 11.3. The molecule has 1 aromatic carbocycles. The number of anilines is 1. The molecule has 4 nitrogen and oxygen atoms in total. The van der Waals surface area contributed by atoms with Gasteiger partial charge in [0.25, 0.3) is 6.04 Å². The summed E-state index contributed by atoms with van der Waals surface area (Å²) in [5, 5.41) is 8.11. The van der Waals surface area contributed by atoms with Crippen LogP contribution < -0.4 is 9.47 Å². The molecular formula is C16H16N3O+. The number of amides is 1. The summed E-state index contributed by atoms with van der Waals surface area (Å²) in [4.78, 5) is 14.2. The first kappa shape index (κ1) is 12.5. The van der Waals surface area contributed by atoms with Crippen molar-refractivity contribution in [1.29, 1.82) is 5.41 Å². The molecule has 1 amide bonds. The number of pyridine rings is 1. The average Bonchev–Trinajstić information content (AvgIpc) is 2.76. The van der Waals surface area contributed by atoms with Gasteiger partial charge in [-0.15, -0.1) is 0 Å². The van der Waals surface area contributed by atoms with E-state index in [-0.39, 0.29) is 5.91 Å². The zero-order chi connectivity index (χ0) is 14.1. The van der Waals surface area contributed by atoms with E-state index < -0.39 is 6.04 Å². The lowest BCUT2D eigenvalue weighted by Gasteiger charge is -2.14. The average molecular weight is 266 g/mol. The Morgan fingerprint density at radius 1 is 1.15 bits per heavy atom. The number of hydrogen-bond donors (Lipinski definition) is 1. The standard InChI is InChI=1S/C16H16N3O/c1-12-5-7-13(8-6-12)19-11-14(17)15(16(19)20)18-9-3-2-4-10-18/h2-10,15,17H,11H2,1H3/q+1. The van der Waals surface area contributed by atoms with Crippen molar-refractivity contribution in [3.8, 4) is 0 Å². The van der Waals surface area contributed by atoms with E-state index >= 15 is 0 Å². The van der Waals surface area contributed by atoms with Crippen LogP contribution in [0.5, 0.6) is 0 Å². The first-order chi connectivity index (χ1) is 9.66. The van der Waals surface area contributed by atoms with Crippen LogP contribution in [-0.2, 0) is 4.79 Å². The summed E-state index contributed by atoms with van der Waals surface area (Å²) >= 11 is 0. The van der Waals surface area contributed by atoms with Crippen LogP contribution in [0, 0.1) is 12.3 Å². The number of hydrogen-bond acceptors (Lipinski definition) is 2. The minimum absolute atomic E-state index is 0.0462. The quantitative estimate of drug-likeness (QED) is 0.829. The maximum atomic E-state index is 12.6. The molecule has 4 heteroatoms. The van der Waals surface area contributed by atoms with Crippen LogP contribution in [0.15, 0.2) is 54.9 Å². The van der Waals surface area contributed by atoms with Gasteiger partial charge in [0, 0.05) is 17.8 Å². The summed E-state index contributed by atoms with van der Waals surface area (Å²) in [7, 11) is 0. The van der Waals surface area contributed by atoms with Crippen LogP contribution in [0.4, 0.5) is 5.69 Å². The third kappa shape index (κ3) is 2.09. The van der Waals surface area contributed by atoms with Crippen LogP contribution in [-0.4, -0.2) is 18.2 Å². The van der Waals surface area contributed by atoms with E-state index in [0.717, 1.165) is 11.3 Å². The molecule has 0 radical (unpaired) electrons. The van der Waals surface area contributed by atoms with Crippen molar-refractivity contribution < 1.29 is 9.36 Å². The predicted molar refractivity (Wildman–Crippen MR) is 76.9 cm³/mol. The van der Waals surface area contributed by atoms with Gasteiger partial charge in [-0.3, -0.25) is 4.79 Å². The summed E-state index contributed by atoms with van der Waals surface area (Å²) in [6.07, 6.45) is 3.66. The van der Waals surface area contributed by atoms with Crippen molar-refractivity contribution in [3.05, 3.63) is 60.4 Å². The van der Waals surface area contributed by atoms with E-state index in [1.54, 1.807) is 9.47 Å². The van der Waals surface area contributed by atoms with Crippen LogP contribution in [0.1, 0.15) is 11.6 Å². The van der Waals surface area contributed by atoms with Gasteiger partial charge in [0.1, 0.15) is 5.71 Å². The number of aromatic nitrogens is 1. The molecule has 1 fully saturated rings. The molecule has 2 aromatic rings. The Morgan fingerprint density at radius 3 is 2.45 bits per heavy atom. The number of carbonyl (C=O) groups excluding carboxylic acids is 1. The second-order valence-electron chi connectivity index (χ2n) is 5.01. The molecule has 1 saturated heterocycles. The molecule has 1 atom stereocenters. The summed E-state index contributed by atoms with van der Waals surface area (Å²) in [5.41, 5.74) is 2.43. The molecule has 1 aliphatic heterocycles. The number of carbonyl (C=O) groups is 1. The van der Waals surface area contributed by atoms with E-state index in [4.69, 9.17) is 5.41 Å². The van der Waals surface area contributed by atoms with Gasteiger partial charge in [-0.1, -0.05) is 23.8 Å². The maximum absolute atomic E-state index is 12.6. The lowest BCUT2D eigenvalue weighted by molar-refractivity contribution is -0.693. The van der Waals surface area contributed by atoms with Crippen molar-refractivity contribution in [2.24, 2.45) is 0 Å². The van der Waals surface area contributed by atoms with Crippen LogP contribution >= 0.6 is 0 Å². The molecule has 0 bridgehead atoms. The smallest absolute Gasteiger partial charge is 0.300 e. The molecule has 0 aliphatic carbocycles. The summed E-state index contributed by atoms with van der Waals surface area (Å²) in [5.74, 6) is -0.0462. The SMILES string of the molecule is Cc1ccc(N2CC(=N)C([n+]3ccccc3)C2=O)cc1. The highest BCUT2D eigenvalue weighted by Crippen LogP contribution is 2.23. The lowest BCUT2D eigenvalue weighted by atomic mass is 10.2. The topological polar surface area (TPSA) is 48.0 Å². The van der Waals surface area contributed by atoms with Crippen LogP contribution in [0.3, 0.4) is 0 Å². The fourth-order valence-electron chi connectivity index (χ4n) is 2.47. The van der Waals surface area contributed by atoms with Crippen molar-refractivity contribution >= 4 is 17.3 Å². The van der Waals surface area contributed by atoms with Gasteiger partial charge < -0.3 is 10.3 Å². The van der Waals surface area contributed by atoms with E-state index in [1.165, 1.54) is 0 Å². The van der Waals surface area contributed by atoms with E-state index in [0.29, 0.717) is 12.3 Å². The number of aryl methyl sites for hydroxylation is 1. The Labute approximate surface area is 117 Å². The Hall–Kier alpha value is -2.49. The monoisotopic (exact) mass is 266 g/mol. The fourth-order valence-corrected chi connectivity index (χ4v) is 2.47. The highest BCUT2D eigenvalue weighted by Gasteiger charge is 2.43. The van der Waals surface area contributed by atoms with Crippen molar-refractivity contribution in [2.45, 2.75) is 13.0 Å². The first-order valence-electron chi connectivity index (χ1n) is 6.58. The number of nitrogens with one attached hydrogen (secondary N) is 1. The molecule has 100 valence electrons. The summed E-state index contributed by atoms with van der Waals surface area (Å²) in [6, 6.07) is 12.9. The minimum atomic E-state index is -0.516. The van der Waals surface area contributed by atoms with Gasteiger partial charge in [-0.2, -0.15) is 4.57 Å². The molecule has 2 heterocycles. The molecule has 0 saturated carbocycles.